The van der Waals surface area contributed by atoms with Gasteiger partial charge in [-0.25, -0.2) is 0 Å². The van der Waals surface area contributed by atoms with E-state index < -0.39 is 20.0 Å². The fourth-order valence-electron chi connectivity index (χ4n) is 1.67. The Morgan fingerprint density at radius 3 is 2.20 bits per heavy atom. The van der Waals surface area contributed by atoms with Crippen molar-refractivity contribution in [1.82, 2.24) is 0 Å². The summed E-state index contributed by atoms with van der Waals surface area (Å²) in [5.74, 6) is 0.322. The summed E-state index contributed by atoms with van der Waals surface area (Å²) in [5, 5.41) is 8.92. The molecule has 3 nitrogen and oxygen atoms in total. The molecular formula is C11H5Cl6NO2. The summed E-state index contributed by atoms with van der Waals surface area (Å²) in [6, 6.07) is 6.54. The third-order valence-electron chi connectivity index (χ3n) is 2.48. The first-order valence-corrected chi connectivity index (χ1v) is 7.39. The smallest absolute Gasteiger partial charge is 0.252 e. The van der Waals surface area contributed by atoms with Crippen molar-refractivity contribution in [3.63, 3.8) is 0 Å². The number of halogens is 6. The Kier molecular flexibility index (Phi) is 4.79. The molecule has 0 aromatic heterocycles. The Bertz CT molecular complexity index is 560. The molecule has 1 aromatic carbocycles. The quantitative estimate of drug-likeness (QED) is 0.575. The molecule has 0 radical (unpaired) electrons. The van der Waals surface area contributed by atoms with E-state index in [1.165, 1.54) is 18.2 Å². The summed E-state index contributed by atoms with van der Waals surface area (Å²) >= 11 is 34.9. The molecule has 0 bridgehead atoms. The topological polar surface area (TPSA) is 42.2 Å². The van der Waals surface area contributed by atoms with E-state index in [-0.39, 0.29) is 0 Å². The number of fused-ring (bicyclic) bond motifs is 1. The number of hydrogen-bond acceptors (Lipinski definition) is 3. The Morgan fingerprint density at radius 1 is 1.05 bits per heavy atom. The normalized spacial score (nSPS) is 22.6. The summed E-state index contributed by atoms with van der Waals surface area (Å²) in [7, 11) is 0. The first kappa shape index (κ1) is 16.6. The molecule has 2 atom stereocenters. The average Bonchev–Trinajstić information content (AvgIpc) is 2.34. The maximum atomic E-state index is 8.92. The van der Waals surface area contributed by atoms with Crippen LogP contribution in [0.15, 0.2) is 18.2 Å². The van der Waals surface area contributed by atoms with Crippen molar-refractivity contribution in [2.75, 3.05) is 0 Å². The maximum Gasteiger partial charge on any atom is 0.252 e. The fourth-order valence-corrected chi connectivity index (χ4v) is 2.46. The lowest BCUT2D eigenvalue weighted by Gasteiger charge is -2.38. The largest absolute Gasteiger partial charge is 0.460 e. The predicted molar refractivity (Wildman–Crippen MR) is 80.0 cm³/mol. The standard InChI is InChI=1S/C11H5Cl6NO2/c12-10(13,14)8-6-3-5(4-18)1-2-7(6)19-9(20-8)11(15,16)17/h1-3,8-9H. The lowest BCUT2D eigenvalue weighted by Crippen LogP contribution is -2.42. The lowest BCUT2D eigenvalue weighted by atomic mass is 10.0. The molecule has 0 fully saturated rings. The van der Waals surface area contributed by atoms with Crippen molar-refractivity contribution in [2.45, 2.75) is 20.0 Å². The molecule has 0 saturated heterocycles. The molecule has 108 valence electrons. The van der Waals surface area contributed by atoms with E-state index in [0.29, 0.717) is 16.9 Å². The van der Waals surface area contributed by atoms with Crippen LogP contribution < -0.4 is 4.74 Å². The van der Waals surface area contributed by atoms with Crippen LogP contribution >= 0.6 is 69.6 Å². The van der Waals surface area contributed by atoms with Gasteiger partial charge >= 0.3 is 0 Å². The molecule has 1 aliphatic rings. The second kappa shape index (κ2) is 5.78. The molecule has 0 aliphatic carbocycles. The van der Waals surface area contributed by atoms with E-state index in [4.69, 9.17) is 84.3 Å². The minimum Gasteiger partial charge on any atom is -0.460 e. The molecule has 9 heteroatoms. The van der Waals surface area contributed by atoms with Gasteiger partial charge in [-0.05, 0) is 18.2 Å². The van der Waals surface area contributed by atoms with Gasteiger partial charge < -0.3 is 9.47 Å². The Morgan fingerprint density at radius 2 is 1.70 bits per heavy atom. The monoisotopic (exact) mass is 393 g/mol. The van der Waals surface area contributed by atoms with Crippen molar-refractivity contribution in [3.8, 4) is 11.8 Å². The van der Waals surface area contributed by atoms with Crippen LogP contribution in [-0.4, -0.2) is 13.9 Å². The maximum absolute atomic E-state index is 8.92. The molecular weight excluding hydrogens is 391 g/mol. The number of benzene rings is 1. The van der Waals surface area contributed by atoms with E-state index in [9.17, 15) is 0 Å². The molecule has 0 saturated carbocycles. The van der Waals surface area contributed by atoms with Gasteiger partial charge in [0.2, 0.25) is 10.1 Å². The zero-order valence-corrected chi connectivity index (χ0v) is 14.0. The number of hydrogen-bond donors (Lipinski definition) is 0. The minimum absolute atomic E-state index is 0.322. The first-order valence-electron chi connectivity index (χ1n) is 5.12. The Hall–Kier alpha value is 0.210. The first-order chi connectivity index (χ1) is 9.13. The van der Waals surface area contributed by atoms with Gasteiger partial charge in [0.15, 0.2) is 0 Å². The zero-order valence-electron chi connectivity index (χ0n) is 9.42. The number of ether oxygens (including phenoxy) is 2. The highest BCUT2D eigenvalue weighted by molar-refractivity contribution is 6.68. The average molecular weight is 396 g/mol. The van der Waals surface area contributed by atoms with Crippen LogP contribution in [0.1, 0.15) is 17.2 Å². The van der Waals surface area contributed by atoms with Gasteiger partial charge in [0.25, 0.3) is 3.79 Å². The third kappa shape index (κ3) is 3.51. The predicted octanol–water partition coefficient (Wildman–Crippen LogP) is 5.07. The number of alkyl halides is 6. The van der Waals surface area contributed by atoms with Gasteiger partial charge in [-0.2, -0.15) is 5.26 Å². The molecule has 0 N–H and O–H groups in total. The summed E-state index contributed by atoms with van der Waals surface area (Å²) in [5.41, 5.74) is 0.761. The van der Waals surface area contributed by atoms with Crippen molar-refractivity contribution in [2.24, 2.45) is 0 Å². The van der Waals surface area contributed by atoms with E-state index >= 15 is 0 Å². The van der Waals surface area contributed by atoms with Crippen LogP contribution in [0.5, 0.6) is 5.75 Å². The molecule has 20 heavy (non-hydrogen) atoms. The number of nitriles is 1. The Balaban J connectivity index is 2.50. The van der Waals surface area contributed by atoms with Crippen LogP contribution in [-0.2, 0) is 4.74 Å². The molecule has 0 amide bonds. The van der Waals surface area contributed by atoms with Gasteiger partial charge in [0.1, 0.15) is 11.9 Å². The van der Waals surface area contributed by atoms with Crippen LogP contribution in [0.2, 0.25) is 0 Å². The van der Waals surface area contributed by atoms with Crippen molar-refractivity contribution in [1.29, 1.82) is 5.26 Å². The van der Waals surface area contributed by atoms with Gasteiger partial charge in [0.05, 0.1) is 11.6 Å². The van der Waals surface area contributed by atoms with Crippen LogP contribution in [0.3, 0.4) is 0 Å². The highest BCUT2D eigenvalue weighted by Crippen LogP contribution is 2.51. The SMILES string of the molecule is N#Cc1ccc2c(c1)C(C(Cl)(Cl)Cl)OC(C(Cl)(Cl)Cl)O2. The van der Waals surface area contributed by atoms with Crippen molar-refractivity contribution >= 4 is 69.6 Å². The summed E-state index contributed by atoms with van der Waals surface area (Å²) in [6.07, 6.45) is -2.28. The van der Waals surface area contributed by atoms with Gasteiger partial charge in [-0.15, -0.1) is 0 Å². The highest BCUT2D eigenvalue weighted by atomic mass is 35.6. The van der Waals surface area contributed by atoms with Crippen molar-refractivity contribution in [3.05, 3.63) is 29.3 Å². The second-order valence-electron chi connectivity index (χ2n) is 3.91. The van der Waals surface area contributed by atoms with Gasteiger partial charge in [0, 0.05) is 5.56 Å². The lowest BCUT2D eigenvalue weighted by molar-refractivity contribution is -0.136. The third-order valence-corrected chi connectivity index (χ3v) is 3.61. The summed E-state index contributed by atoms with van der Waals surface area (Å²) < 4.78 is 7.16. The molecule has 2 unspecified atom stereocenters. The van der Waals surface area contributed by atoms with Gasteiger partial charge in [-0.1, -0.05) is 69.6 Å². The van der Waals surface area contributed by atoms with Gasteiger partial charge in [-0.3, -0.25) is 0 Å². The Labute approximate surface area is 145 Å². The molecule has 1 aliphatic heterocycles. The van der Waals surface area contributed by atoms with Crippen LogP contribution in [0, 0.1) is 11.3 Å². The minimum atomic E-state index is -1.86. The zero-order chi connectivity index (χ0) is 15.1. The van der Waals surface area contributed by atoms with E-state index in [0.717, 1.165) is 0 Å². The molecule has 2 rings (SSSR count). The van der Waals surface area contributed by atoms with Crippen LogP contribution in [0.4, 0.5) is 0 Å². The van der Waals surface area contributed by atoms with Crippen LogP contribution in [0.25, 0.3) is 0 Å². The summed E-state index contributed by atoms with van der Waals surface area (Å²) in [4.78, 5) is 0. The fraction of sp³-hybridized carbons (Fsp3) is 0.364. The van der Waals surface area contributed by atoms with E-state index in [1.807, 2.05) is 6.07 Å². The van der Waals surface area contributed by atoms with Crippen molar-refractivity contribution < 1.29 is 9.47 Å². The van der Waals surface area contributed by atoms with E-state index in [1.54, 1.807) is 0 Å². The molecule has 1 heterocycles. The molecule has 0 spiro atoms. The second-order valence-corrected chi connectivity index (χ2v) is 8.65. The summed E-state index contributed by atoms with van der Waals surface area (Å²) in [6.45, 7) is 0. The number of nitrogens with zero attached hydrogens (tertiary/aromatic N) is 1. The number of rotatable bonds is 0. The molecule has 1 aromatic rings. The highest BCUT2D eigenvalue weighted by Gasteiger charge is 2.48. The van der Waals surface area contributed by atoms with E-state index in [2.05, 4.69) is 0 Å².